The summed E-state index contributed by atoms with van der Waals surface area (Å²) >= 11 is 0. The standard InChI is InChI=1S/C14H21NO3.ClH.2H2O/c1-8(2)15-12-5-3-9-10(14(12)18)4-6-13(17)11(9)7-16;;;/h4,6,8,12,14-18H,3,5,7H2,1-2H3;1H;2*1H2. The average Bonchev–Trinajstić information content (AvgIpc) is 2.32. The van der Waals surface area contributed by atoms with E-state index < -0.39 is 6.10 Å². The molecule has 0 radical (unpaired) electrons. The van der Waals surface area contributed by atoms with Crippen LogP contribution in [0.25, 0.3) is 0 Å². The van der Waals surface area contributed by atoms with Crippen LogP contribution in [0.2, 0.25) is 0 Å². The quantitative estimate of drug-likeness (QED) is 0.622. The molecule has 0 fully saturated rings. The third kappa shape index (κ3) is 4.54. The Morgan fingerprint density at radius 2 is 1.90 bits per heavy atom. The van der Waals surface area contributed by atoms with Crippen LogP contribution in [0, 0.1) is 0 Å². The largest absolute Gasteiger partial charge is 0.508 e. The van der Waals surface area contributed by atoms with Gasteiger partial charge in [0.2, 0.25) is 0 Å². The van der Waals surface area contributed by atoms with Gasteiger partial charge in [0.05, 0.1) is 12.7 Å². The van der Waals surface area contributed by atoms with E-state index in [4.69, 9.17) is 0 Å². The first-order valence-corrected chi connectivity index (χ1v) is 6.43. The molecule has 0 bridgehead atoms. The van der Waals surface area contributed by atoms with Gasteiger partial charge in [0.1, 0.15) is 5.75 Å². The zero-order valence-electron chi connectivity index (χ0n) is 12.3. The van der Waals surface area contributed by atoms with Crippen molar-refractivity contribution in [2.24, 2.45) is 0 Å². The highest BCUT2D eigenvalue weighted by Crippen LogP contribution is 2.35. The van der Waals surface area contributed by atoms with E-state index in [1.165, 1.54) is 0 Å². The molecule has 0 amide bonds. The van der Waals surface area contributed by atoms with Crippen molar-refractivity contribution in [3.8, 4) is 5.75 Å². The van der Waals surface area contributed by atoms with E-state index in [0.717, 1.165) is 24.0 Å². The zero-order chi connectivity index (χ0) is 13.3. The molecule has 8 N–H and O–H groups in total. The van der Waals surface area contributed by atoms with Crippen LogP contribution in [0.5, 0.6) is 5.75 Å². The third-order valence-electron chi connectivity index (χ3n) is 3.55. The topological polar surface area (TPSA) is 136 Å². The van der Waals surface area contributed by atoms with Crippen LogP contribution in [0.1, 0.15) is 43.1 Å². The SMILES string of the molecule is CC(C)NC1CCc2c(ccc(O)c2CO)C1O.Cl.O.O. The summed E-state index contributed by atoms with van der Waals surface area (Å²) in [7, 11) is 0. The highest BCUT2D eigenvalue weighted by Gasteiger charge is 2.30. The van der Waals surface area contributed by atoms with E-state index in [2.05, 4.69) is 19.2 Å². The van der Waals surface area contributed by atoms with Gasteiger partial charge in [0.15, 0.2) is 0 Å². The van der Waals surface area contributed by atoms with Gasteiger partial charge in [0.25, 0.3) is 0 Å². The summed E-state index contributed by atoms with van der Waals surface area (Å²) in [6.07, 6.45) is 0.992. The van der Waals surface area contributed by atoms with Gasteiger partial charge in [-0.05, 0) is 30.0 Å². The Morgan fingerprint density at radius 3 is 2.43 bits per heavy atom. The number of hydrogen-bond donors (Lipinski definition) is 4. The molecule has 0 heterocycles. The van der Waals surface area contributed by atoms with Crippen LogP contribution in [-0.4, -0.2) is 38.4 Å². The molecule has 0 aromatic heterocycles. The lowest BCUT2D eigenvalue weighted by Gasteiger charge is -2.33. The lowest BCUT2D eigenvalue weighted by Crippen LogP contribution is -2.42. The van der Waals surface area contributed by atoms with Crippen molar-refractivity contribution in [1.82, 2.24) is 5.32 Å². The fraction of sp³-hybridized carbons (Fsp3) is 0.571. The first-order chi connectivity index (χ1) is 8.54. The highest BCUT2D eigenvalue weighted by atomic mass is 35.5. The molecule has 1 aromatic rings. The lowest BCUT2D eigenvalue weighted by molar-refractivity contribution is 0.110. The maximum atomic E-state index is 10.4. The first-order valence-electron chi connectivity index (χ1n) is 6.43. The summed E-state index contributed by atoms with van der Waals surface area (Å²) < 4.78 is 0. The Balaban J connectivity index is 0. The van der Waals surface area contributed by atoms with Gasteiger partial charge in [-0.1, -0.05) is 19.9 Å². The van der Waals surface area contributed by atoms with E-state index in [9.17, 15) is 15.3 Å². The van der Waals surface area contributed by atoms with Crippen LogP contribution in [0.15, 0.2) is 12.1 Å². The highest BCUT2D eigenvalue weighted by molar-refractivity contribution is 5.85. The van der Waals surface area contributed by atoms with E-state index in [-0.39, 0.29) is 41.8 Å². The van der Waals surface area contributed by atoms with Crippen LogP contribution in [0.3, 0.4) is 0 Å². The van der Waals surface area contributed by atoms with Crippen LogP contribution in [0.4, 0.5) is 0 Å². The number of nitrogens with one attached hydrogen (secondary N) is 1. The number of halogens is 1. The Hall–Kier alpha value is -0.890. The van der Waals surface area contributed by atoms with Crippen LogP contribution < -0.4 is 5.32 Å². The minimum Gasteiger partial charge on any atom is -0.508 e. The molecule has 2 unspecified atom stereocenters. The van der Waals surface area contributed by atoms with Crippen molar-refractivity contribution in [3.05, 3.63) is 28.8 Å². The second-order valence-electron chi connectivity index (χ2n) is 5.20. The molecule has 2 rings (SSSR count). The number of rotatable bonds is 3. The molecule has 1 aliphatic carbocycles. The number of hydrogen-bond acceptors (Lipinski definition) is 4. The van der Waals surface area contributed by atoms with Crippen LogP contribution in [-0.2, 0) is 13.0 Å². The van der Waals surface area contributed by atoms with Crippen molar-refractivity contribution in [3.63, 3.8) is 0 Å². The number of aliphatic hydroxyl groups excluding tert-OH is 2. The van der Waals surface area contributed by atoms with Gasteiger partial charge in [-0.2, -0.15) is 0 Å². The monoisotopic (exact) mass is 323 g/mol. The maximum Gasteiger partial charge on any atom is 0.121 e. The van der Waals surface area contributed by atoms with Crippen LogP contribution >= 0.6 is 12.4 Å². The molecule has 0 saturated carbocycles. The van der Waals surface area contributed by atoms with Gasteiger partial charge >= 0.3 is 0 Å². The molecule has 1 aliphatic rings. The Labute approximate surface area is 130 Å². The molecule has 2 atom stereocenters. The first kappa shape index (κ1) is 22.4. The molecular weight excluding hydrogens is 298 g/mol. The fourth-order valence-electron chi connectivity index (χ4n) is 2.72. The minimum absolute atomic E-state index is 0. The van der Waals surface area contributed by atoms with E-state index in [1.807, 2.05) is 0 Å². The summed E-state index contributed by atoms with van der Waals surface area (Å²) in [6.45, 7) is 3.92. The zero-order valence-corrected chi connectivity index (χ0v) is 13.1. The van der Waals surface area contributed by atoms with E-state index in [1.54, 1.807) is 12.1 Å². The van der Waals surface area contributed by atoms with Gasteiger partial charge in [0, 0.05) is 17.6 Å². The predicted molar refractivity (Wildman–Crippen MR) is 83.8 cm³/mol. The summed E-state index contributed by atoms with van der Waals surface area (Å²) in [6, 6.07) is 3.66. The van der Waals surface area contributed by atoms with Gasteiger partial charge in [-0.25, -0.2) is 0 Å². The third-order valence-corrected chi connectivity index (χ3v) is 3.55. The van der Waals surface area contributed by atoms with Crippen molar-refractivity contribution in [2.75, 3.05) is 0 Å². The number of phenols is 1. The fourth-order valence-corrected chi connectivity index (χ4v) is 2.72. The molecule has 6 nitrogen and oxygen atoms in total. The number of benzene rings is 1. The summed E-state index contributed by atoms with van der Waals surface area (Å²) in [5, 5.41) is 32.7. The Morgan fingerprint density at radius 1 is 1.29 bits per heavy atom. The lowest BCUT2D eigenvalue weighted by atomic mass is 9.83. The molecule has 0 spiro atoms. The normalized spacial score (nSPS) is 19.9. The second-order valence-corrected chi connectivity index (χ2v) is 5.20. The average molecular weight is 324 g/mol. The number of aliphatic hydroxyl groups is 2. The number of aromatic hydroxyl groups is 1. The van der Waals surface area contributed by atoms with Gasteiger partial charge < -0.3 is 31.6 Å². The molecule has 124 valence electrons. The molecule has 0 aliphatic heterocycles. The molecular formula is C14H26ClNO5. The maximum absolute atomic E-state index is 10.4. The summed E-state index contributed by atoms with van der Waals surface area (Å²) in [4.78, 5) is 0. The van der Waals surface area contributed by atoms with Crippen molar-refractivity contribution in [1.29, 1.82) is 0 Å². The van der Waals surface area contributed by atoms with Crippen molar-refractivity contribution >= 4 is 12.4 Å². The summed E-state index contributed by atoms with van der Waals surface area (Å²) in [5.41, 5.74) is 2.27. The minimum atomic E-state index is -0.581. The van der Waals surface area contributed by atoms with E-state index >= 15 is 0 Å². The van der Waals surface area contributed by atoms with Gasteiger partial charge in [-0.15, -0.1) is 12.4 Å². The second kappa shape index (κ2) is 9.19. The molecule has 1 aromatic carbocycles. The smallest absolute Gasteiger partial charge is 0.121 e. The number of fused-ring (bicyclic) bond motifs is 1. The summed E-state index contributed by atoms with van der Waals surface area (Å²) in [5.74, 6) is 0.110. The van der Waals surface area contributed by atoms with Gasteiger partial charge in [-0.3, -0.25) is 0 Å². The van der Waals surface area contributed by atoms with Crippen molar-refractivity contribution in [2.45, 2.75) is 51.5 Å². The molecule has 7 heteroatoms. The molecule has 21 heavy (non-hydrogen) atoms. The Kier molecular flexibility index (Phi) is 9.80. The molecule has 0 saturated heterocycles. The van der Waals surface area contributed by atoms with E-state index in [0.29, 0.717) is 11.6 Å². The predicted octanol–water partition coefficient (Wildman–Crippen LogP) is 0.00310. The Bertz CT molecular complexity index is 442. The van der Waals surface area contributed by atoms with Crippen molar-refractivity contribution < 1.29 is 26.3 Å².